The Labute approximate surface area is 148 Å². The van der Waals surface area contributed by atoms with Crippen molar-refractivity contribution in [3.8, 4) is 5.75 Å². The van der Waals surface area contributed by atoms with Gasteiger partial charge in [0.25, 0.3) is 5.91 Å². The van der Waals surface area contributed by atoms with Gasteiger partial charge in [0.1, 0.15) is 5.75 Å². The van der Waals surface area contributed by atoms with E-state index in [1.165, 1.54) is 25.7 Å². The lowest BCUT2D eigenvalue weighted by atomic mass is 10.1. The first-order chi connectivity index (χ1) is 11.7. The van der Waals surface area contributed by atoms with Gasteiger partial charge in [-0.1, -0.05) is 49.2 Å². The minimum absolute atomic E-state index is 0.0463. The number of hydrogen-bond acceptors (Lipinski definition) is 3. The van der Waals surface area contributed by atoms with E-state index in [9.17, 15) is 4.79 Å². The molecular weight excluding hydrogens is 318 g/mol. The molecule has 128 valence electrons. The van der Waals surface area contributed by atoms with Crippen LogP contribution in [0.25, 0.3) is 10.8 Å². The van der Waals surface area contributed by atoms with Crippen LogP contribution in [0.4, 0.5) is 0 Å². The Morgan fingerprint density at radius 1 is 1.21 bits per heavy atom. The summed E-state index contributed by atoms with van der Waals surface area (Å²) in [4.78, 5) is 12.2. The van der Waals surface area contributed by atoms with E-state index in [0.29, 0.717) is 6.54 Å². The molecule has 4 heteroatoms. The third-order valence-corrected chi connectivity index (χ3v) is 5.86. The van der Waals surface area contributed by atoms with Crippen molar-refractivity contribution in [1.82, 2.24) is 5.32 Å². The van der Waals surface area contributed by atoms with Crippen molar-refractivity contribution < 1.29 is 9.53 Å². The van der Waals surface area contributed by atoms with E-state index in [1.54, 1.807) is 6.92 Å². The molecule has 0 radical (unpaired) electrons. The van der Waals surface area contributed by atoms with E-state index >= 15 is 0 Å². The zero-order chi connectivity index (χ0) is 16.8. The molecule has 3 rings (SSSR count). The second-order valence-corrected chi connectivity index (χ2v) is 7.71. The zero-order valence-electron chi connectivity index (χ0n) is 14.2. The second kappa shape index (κ2) is 8.43. The molecule has 0 aliphatic heterocycles. The van der Waals surface area contributed by atoms with Gasteiger partial charge in [-0.25, -0.2) is 0 Å². The molecule has 1 aliphatic carbocycles. The molecule has 1 fully saturated rings. The Balaban J connectivity index is 1.48. The summed E-state index contributed by atoms with van der Waals surface area (Å²) in [7, 11) is 0. The summed E-state index contributed by atoms with van der Waals surface area (Å²) in [6, 6.07) is 14.0. The molecular formula is C20H25NO2S. The van der Waals surface area contributed by atoms with E-state index in [2.05, 4.69) is 5.32 Å². The molecule has 1 saturated carbocycles. The van der Waals surface area contributed by atoms with Crippen LogP contribution in [0.2, 0.25) is 0 Å². The van der Waals surface area contributed by atoms with Gasteiger partial charge in [0.2, 0.25) is 0 Å². The summed E-state index contributed by atoms with van der Waals surface area (Å²) in [5, 5.41) is 5.95. The molecule has 0 bridgehead atoms. The van der Waals surface area contributed by atoms with Crippen molar-refractivity contribution >= 4 is 28.4 Å². The minimum Gasteiger partial charge on any atom is -0.480 e. The molecule has 0 heterocycles. The van der Waals surface area contributed by atoms with Crippen molar-refractivity contribution in [3.63, 3.8) is 0 Å². The average Bonchev–Trinajstić information content (AvgIpc) is 3.12. The minimum atomic E-state index is -0.493. The van der Waals surface area contributed by atoms with Crippen LogP contribution in [-0.2, 0) is 4.79 Å². The standard InChI is InChI=1S/C20H25NO2S/c1-15(20(22)21-13-14-24-17-9-3-4-10-17)23-19-12-6-8-16-7-2-5-11-18(16)19/h2,5-8,11-12,15,17H,3-4,9-10,13-14H2,1H3,(H,21,22)/t15-/m0/s1. The van der Waals surface area contributed by atoms with E-state index in [0.717, 1.165) is 27.5 Å². The van der Waals surface area contributed by atoms with Crippen molar-refractivity contribution in [3.05, 3.63) is 42.5 Å². The fourth-order valence-corrected chi connectivity index (χ4v) is 4.36. The topological polar surface area (TPSA) is 38.3 Å². The number of nitrogens with one attached hydrogen (secondary N) is 1. The normalized spacial score (nSPS) is 16.2. The molecule has 1 aliphatic rings. The van der Waals surface area contributed by atoms with Gasteiger partial charge < -0.3 is 10.1 Å². The van der Waals surface area contributed by atoms with Crippen LogP contribution in [0.1, 0.15) is 32.6 Å². The number of rotatable bonds is 7. The van der Waals surface area contributed by atoms with Gasteiger partial charge in [0.15, 0.2) is 6.10 Å². The number of ether oxygens (including phenoxy) is 1. The SMILES string of the molecule is C[C@H](Oc1cccc2ccccc12)C(=O)NCCSC1CCCC1. The molecule has 0 saturated heterocycles. The summed E-state index contributed by atoms with van der Waals surface area (Å²) in [6.45, 7) is 2.52. The van der Waals surface area contributed by atoms with E-state index in [4.69, 9.17) is 4.74 Å². The Morgan fingerprint density at radius 2 is 1.96 bits per heavy atom. The number of benzene rings is 2. The first-order valence-corrected chi connectivity index (χ1v) is 9.82. The van der Waals surface area contributed by atoms with Gasteiger partial charge in [-0.15, -0.1) is 0 Å². The maximum atomic E-state index is 12.2. The van der Waals surface area contributed by atoms with Crippen LogP contribution in [-0.4, -0.2) is 29.6 Å². The van der Waals surface area contributed by atoms with E-state index in [-0.39, 0.29) is 5.91 Å². The highest BCUT2D eigenvalue weighted by Crippen LogP contribution is 2.29. The lowest BCUT2D eigenvalue weighted by Crippen LogP contribution is -2.37. The van der Waals surface area contributed by atoms with E-state index in [1.807, 2.05) is 54.2 Å². The highest BCUT2D eigenvalue weighted by Gasteiger charge is 2.17. The third kappa shape index (κ3) is 4.44. The highest BCUT2D eigenvalue weighted by atomic mass is 32.2. The van der Waals surface area contributed by atoms with Crippen LogP contribution in [0.15, 0.2) is 42.5 Å². The lowest BCUT2D eigenvalue weighted by molar-refractivity contribution is -0.127. The van der Waals surface area contributed by atoms with Gasteiger partial charge in [0.05, 0.1) is 0 Å². The van der Waals surface area contributed by atoms with Crippen molar-refractivity contribution in [2.75, 3.05) is 12.3 Å². The van der Waals surface area contributed by atoms with Crippen molar-refractivity contribution in [2.24, 2.45) is 0 Å². The van der Waals surface area contributed by atoms with Gasteiger partial charge >= 0.3 is 0 Å². The number of hydrogen-bond donors (Lipinski definition) is 1. The van der Waals surface area contributed by atoms with Crippen LogP contribution in [0, 0.1) is 0 Å². The molecule has 24 heavy (non-hydrogen) atoms. The molecule has 3 nitrogen and oxygen atoms in total. The van der Waals surface area contributed by atoms with Gasteiger partial charge in [-0.3, -0.25) is 4.79 Å². The monoisotopic (exact) mass is 343 g/mol. The third-order valence-electron chi connectivity index (χ3n) is 4.48. The molecule has 2 aromatic rings. The van der Waals surface area contributed by atoms with Gasteiger partial charge in [0, 0.05) is 22.9 Å². The summed E-state index contributed by atoms with van der Waals surface area (Å²) >= 11 is 1.99. The van der Waals surface area contributed by atoms with Crippen LogP contribution >= 0.6 is 11.8 Å². The Kier molecular flexibility index (Phi) is 6.02. The van der Waals surface area contributed by atoms with Crippen molar-refractivity contribution in [1.29, 1.82) is 0 Å². The van der Waals surface area contributed by atoms with Crippen LogP contribution in [0.3, 0.4) is 0 Å². The summed E-state index contributed by atoms with van der Waals surface area (Å²) in [5.41, 5.74) is 0. The molecule has 1 atom stereocenters. The first kappa shape index (κ1) is 17.2. The molecule has 1 amide bonds. The molecule has 0 aromatic heterocycles. The smallest absolute Gasteiger partial charge is 0.260 e. The van der Waals surface area contributed by atoms with Gasteiger partial charge in [-0.05, 0) is 31.2 Å². The first-order valence-electron chi connectivity index (χ1n) is 8.78. The Morgan fingerprint density at radius 3 is 2.79 bits per heavy atom. The number of thioether (sulfide) groups is 1. The Bertz CT molecular complexity index is 677. The second-order valence-electron chi connectivity index (χ2n) is 6.31. The highest BCUT2D eigenvalue weighted by molar-refractivity contribution is 7.99. The molecule has 2 aromatic carbocycles. The molecule has 0 spiro atoms. The summed E-state index contributed by atoms with van der Waals surface area (Å²) in [5.74, 6) is 1.70. The lowest BCUT2D eigenvalue weighted by Gasteiger charge is -2.16. The van der Waals surface area contributed by atoms with Crippen LogP contribution < -0.4 is 10.1 Å². The maximum Gasteiger partial charge on any atom is 0.260 e. The Hall–Kier alpha value is -1.68. The van der Waals surface area contributed by atoms with Crippen molar-refractivity contribution in [2.45, 2.75) is 44.0 Å². The predicted octanol–water partition coefficient (Wildman–Crippen LogP) is 4.40. The fourth-order valence-electron chi connectivity index (χ4n) is 3.14. The van der Waals surface area contributed by atoms with Crippen LogP contribution in [0.5, 0.6) is 5.75 Å². The maximum absolute atomic E-state index is 12.2. The van der Waals surface area contributed by atoms with E-state index < -0.39 is 6.10 Å². The van der Waals surface area contributed by atoms with Gasteiger partial charge in [-0.2, -0.15) is 11.8 Å². The zero-order valence-corrected chi connectivity index (χ0v) is 15.0. The number of carbonyl (C=O) groups excluding carboxylic acids is 1. The number of carbonyl (C=O) groups is 1. The number of fused-ring (bicyclic) bond motifs is 1. The quantitative estimate of drug-likeness (QED) is 0.757. The molecule has 1 N–H and O–H groups in total. The average molecular weight is 343 g/mol. The number of amides is 1. The fraction of sp³-hybridized carbons (Fsp3) is 0.450. The summed E-state index contributed by atoms with van der Waals surface area (Å²) in [6.07, 6.45) is 4.89. The molecule has 0 unspecified atom stereocenters. The largest absolute Gasteiger partial charge is 0.480 e. The summed E-state index contributed by atoms with van der Waals surface area (Å²) < 4.78 is 5.90. The predicted molar refractivity (Wildman–Crippen MR) is 102 cm³/mol.